The molecule has 1 aromatic carbocycles. The van der Waals surface area contributed by atoms with E-state index in [1.165, 1.54) is 0 Å². The van der Waals surface area contributed by atoms with E-state index in [0.717, 1.165) is 6.54 Å². The molecule has 6 nitrogen and oxygen atoms in total. The summed E-state index contributed by atoms with van der Waals surface area (Å²) in [5.74, 6) is -3.25. The van der Waals surface area contributed by atoms with Gasteiger partial charge in [-0.05, 0) is 19.7 Å². The third kappa shape index (κ3) is 3.95. The average Bonchev–Trinajstić information content (AvgIpc) is 2.40. The molecule has 0 radical (unpaired) electrons. The molecule has 0 aliphatic carbocycles. The van der Waals surface area contributed by atoms with E-state index < -0.39 is 33.7 Å². The number of nitrogens with one attached hydrogen (secondary N) is 1. The van der Waals surface area contributed by atoms with Gasteiger partial charge in [-0.2, -0.15) is 4.39 Å². The fraction of sp³-hybridized carbons (Fsp3) is 0.417. The van der Waals surface area contributed by atoms with Gasteiger partial charge < -0.3 is 10.2 Å². The molecular weight excluding hydrogens is 272 g/mol. The van der Waals surface area contributed by atoms with Crippen molar-refractivity contribution in [3.05, 3.63) is 39.4 Å². The Bertz CT molecular complexity index is 523. The highest BCUT2D eigenvalue weighted by Gasteiger charge is 2.23. The van der Waals surface area contributed by atoms with Gasteiger partial charge in [-0.1, -0.05) is 6.92 Å². The number of carbonyl (C=O) groups excluding carboxylic acids is 1. The van der Waals surface area contributed by atoms with Gasteiger partial charge >= 0.3 is 5.69 Å². The van der Waals surface area contributed by atoms with Crippen molar-refractivity contribution >= 4 is 11.6 Å². The van der Waals surface area contributed by atoms with Crippen LogP contribution in [0.1, 0.15) is 17.3 Å². The fourth-order valence-electron chi connectivity index (χ4n) is 1.49. The van der Waals surface area contributed by atoms with Crippen molar-refractivity contribution in [3.8, 4) is 0 Å². The van der Waals surface area contributed by atoms with Gasteiger partial charge in [-0.3, -0.25) is 14.9 Å². The summed E-state index contributed by atoms with van der Waals surface area (Å²) in [6.45, 7) is 3.46. The van der Waals surface area contributed by atoms with E-state index in [2.05, 4.69) is 5.32 Å². The highest BCUT2D eigenvalue weighted by atomic mass is 19.1. The predicted molar refractivity (Wildman–Crippen MR) is 68.5 cm³/mol. The third-order valence-electron chi connectivity index (χ3n) is 2.78. The molecule has 0 saturated heterocycles. The van der Waals surface area contributed by atoms with Crippen LogP contribution in [0.3, 0.4) is 0 Å². The van der Waals surface area contributed by atoms with Crippen molar-refractivity contribution in [3.63, 3.8) is 0 Å². The number of nitro benzene ring substituents is 1. The quantitative estimate of drug-likeness (QED) is 0.636. The van der Waals surface area contributed by atoms with Crippen LogP contribution in [0.15, 0.2) is 12.1 Å². The van der Waals surface area contributed by atoms with E-state index in [9.17, 15) is 23.7 Å². The number of halogens is 2. The maximum Gasteiger partial charge on any atom is 0.308 e. The van der Waals surface area contributed by atoms with Gasteiger partial charge in [0.15, 0.2) is 0 Å². The van der Waals surface area contributed by atoms with Gasteiger partial charge in [0, 0.05) is 13.1 Å². The van der Waals surface area contributed by atoms with E-state index in [0.29, 0.717) is 18.7 Å². The number of rotatable bonds is 6. The van der Waals surface area contributed by atoms with Crippen LogP contribution in [-0.2, 0) is 0 Å². The Morgan fingerprint density at radius 2 is 2.10 bits per heavy atom. The minimum Gasteiger partial charge on any atom is -0.351 e. The lowest BCUT2D eigenvalue weighted by molar-refractivity contribution is -0.387. The zero-order valence-electron chi connectivity index (χ0n) is 11.2. The number of likely N-dealkylation sites (N-methyl/N-ethyl adjacent to an activating group) is 1. The molecule has 1 aromatic rings. The zero-order valence-corrected chi connectivity index (χ0v) is 11.2. The van der Waals surface area contributed by atoms with Crippen LogP contribution in [-0.4, -0.2) is 42.4 Å². The van der Waals surface area contributed by atoms with E-state index in [1.54, 1.807) is 0 Å². The van der Waals surface area contributed by atoms with Crippen molar-refractivity contribution in [2.45, 2.75) is 6.92 Å². The van der Waals surface area contributed by atoms with Crippen molar-refractivity contribution < 1.29 is 18.5 Å². The molecule has 8 heteroatoms. The van der Waals surface area contributed by atoms with Crippen LogP contribution in [0.25, 0.3) is 0 Å². The van der Waals surface area contributed by atoms with E-state index in [4.69, 9.17) is 0 Å². The number of hydrogen-bond donors (Lipinski definition) is 1. The Hall–Kier alpha value is -2.09. The normalized spacial score (nSPS) is 10.7. The van der Waals surface area contributed by atoms with Crippen molar-refractivity contribution in [2.75, 3.05) is 26.7 Å². The highest BCUT2D eigenvalue weighted by Crippen LogP contribution is 2.22. The molecule has 110 valence electrons. The first kappa shape index (κ1) is 16.0. The van der Waals surface area contributed by atoms with Crippen LogP contribution < -0.4 is 5.32 Å². The maximum atomic E-state index is 13.7. The summed E-state index contributed by atoms with van der Waals surface area (Å²) in [5.41, 5.74) is -1.73. The first-order valence-electron chi connectivity index (χ1n) is 5.97. The summed E-state index contributed by atoms with van der Waals surface area (Å²) in [5, 5.41) is 12.9. The number of amides is 1. The molecule has 0 aliphatic heterocycles. The number of benzene rings is 1. The third-order valence-corrected chi connectivity index (χ3v) is 2.78. The van der Waals surface area contributed by atoms with Crippen LogP contribution in [0.2, 0.25) is 0 Å². The first-order valence-corrected chi connectivity index (χ1v) is 5.97. The summed E-state index contributed by atoms with van der Waals surface area (Å²) in [4.78, 5) is 23.1. The van der Waals surface area contributed by atoms with E-state index >= 15 is 0 Å². The molecule has 0 heterocycles. The van der Waals surface area contributed by atoms with Crippen molar-refractivity contribution in [1.82, 2.24) is 10.2 Å². The lowest BCUT2D eigenvalue weighted by atomic mass is 10.1. The Labute approximate surface area is 114 Å². The second-order valence-corrected chi connectivity index (χ2v) is 4.20. The SMILES string of the molecule is CCN(C)CCNC(=O)c1cc(F)cc([N+](=O)[O-])c1F. The Morgan fingerprint density at radius 1 is 1.45 bits per heavy atom. The van der Waals surface area contributed by atoms with Gasteiger partial charge in [0.2, 0.25) is 5.82 Å². The first-order chi connectivity index (χ1) is 9.36. The van der Waals surface area contributed by atoms with Gasteiger partial charge in [-0.25, -0.2) is 4.39 Å². The number of hydrogen-bond acceptors (Lipinski definition) is 4. The maximum absolute atomic E-state index is 13.7. The smallest absolute Gasteiger partial charge is 0.308 e. The molecule has 1 rings (SSSR count). The molecule has 0 unspecified atom stereocenters. The molecule has 0 saturated carbocycles. The van der Waals surface area contributed by atoms with Gasteiger partial charge in [0.25, 0.3) is 5.91 Å². The summed E-state index contributed by atoms with van der Waals surface area (Å²) in [6, 6.07) is 1.08. The average molecular weight is 287 g/mol. The molecule has 0 fully saturated rings. The van der Waals surface area contributed by atoms with Crippen molar-refractivity contribution in [1.29, 1.82) is 0 Å². The molecule has 0 aromatic heterocycles. The highest BCUT2D eigenvalue weighted by molar-refractivity contribution is 5.95. The van der Waals surface area contributed by atoms with Crippen LogP contribution in [0, 0.1) is 21.7 Å². The van der Waals surface area contributed by atoms with Crippen LogP contribution in [0.4, 0.5) is 14.5 Å². The van der Waals surface area contributed by atoms with Crippen molar-refractivity contribution in [2.24, 2.45) is 0 Å². The second-order valence-electron chi connectivity index (χ2n) is 4.20. The molecule has 20 heavy (non-hydrogen) atoms. The molecule has 0 aliphatic rings. The van der Waals surface area contributed by atoms with E-state index in [-0.39, 0.29) is 6.54 Å². The van der Waals surface area contributed by atoms with Gasteiger partial charge in [0.05, 0.1) is 16.6 Å². The van der Waals surface area contributed by atoms with E-state index in [1.807, 2.05) is 18.9 Å². The summed E-state index contributed by atoms with van der Waals surface area (Å²) in [7, 11) is 1.83. The standard InChI is InChI=1S/C12H15F2N3O3/c1-3-16(2)5-4-15-12(18)9-6-8(13)7-10(11(9)14)17(19)20/h6-7H,3-5H2,1-2H3,(H,15,18). The monoisotopic (exact) mass is 287 g/mol. The predicted octanol–water partition coefficient (Wildman–Crippen LogP) is 1.55. The largest absolute Gasteiger partial charge is 0.351 e. The summed E-state index contributed by atoms with van der Waals surface area (Å²) < 4.78 is 26.9. The number of nitrogens with zero attached hydrogens (tertiary/aromatic N) is 2. The summed E-state index contributed by atoms with van der Waals surface area (Å²) >= 11 is 0. The molecule has 1 amide bonds. The minimum atomic E-state index is -1.34. The summed E-state index contributed by atoms with van der Waals surface area (Å²) in [6.07, 6.45) is 0. The molecule has 0 atom stereocenters. The molecular formula is C12H15F2N3O3. The second kappa shape index (κ2) is 6.90. The lowest BCUT2D eigenvalue weighted by Gasteiger charge is -2.14. The Kier molecular flexibility index (Phi) is 5.51. The lowest BCUT2D eigenvalue weighted by Crippen LogP contribution is -2.33. The Balaban J connectivity index is 2.85. The number of carbonyl (C=O) groups is 1. The van der Waals surface area contributed by atoms with Crippen LogP contribution in [0.5, 0.6) is 0 Å². The Morgan fingerprint density at radius 3 is 2.65 bits per heavy atom. The number of nitro groups is 1. The minimum absolute atomic E-state index is 0.229. The molecule has 0 bridgehead atoms. The molecule has 0 spiro atoms. The van der Waals surface area contributed by atoms with Crippen LogP contribution >= 0.6 is 0 Å². The topological polar surface area (TPSA) is 75.5 Å². The molecule has 1 N–H and O–H groups in total. The fourth-order valence-corrected chi connectivity index (χ4v) is 1.49. The zero-order chi connectivity index (χ0) is 15.3. The van der Waals surface area contributed by atoms with Gasteiger partial charge in [-0.15, -0.1) is 0 Å². The van der Waals surface area contributed by atoms with Gasteiger partial charge in [0.1, 0.15) is 5.82 Å².